The van der Waals surface area contributed by atoms with E-state index in [0.717, 1.165) is 42.9 Å². The number of benzene rings is 3. The first-order valence-electron chi connectivity index (χ1n) is 12.3. The third-order valence-electron chi connectivity index (χ3n) is 6.48. The van der Waals surface area contributed by atoms with Crippen LogP contribution in [0.3, 0.4) is 0 Å². The van der Waals surface area contributed by atoms with Gasteiger partial charge >= 0.3 is 6.09 Å². The van der Waals surface area contributed by atoms with Gasteiger partial charge in [0.25, 0.3) is 6.29 Å². The van der Waals surface area contributed by atoms with Crippen molar-refractivity contribution in [2.45, 2.75) is 20.1 Å². The highest BCUT2D eigenvalue weighted by Crippen LogP contribution is 2.46. The van der Waals surface area contributed by atoms with Crippen molar-refractivity contribution in [1.82, 2.24) is 15.0 Å². The predicted molar refractivity (Wildman–Crippen MR) is 150 cm³/mol. The summed E-state index contributed by atoms with van der Waals surface area (Å²) in [7, 11) is 3.13. The molecule has 1 aliphatic heterocycles. The lowest BCUT2D eigenvalue weighted by Gasteiger charge is -2.28. The molecular weight excluding hydrogens is 530 g/mol. The number of ether oxygens (including phenoxy) is 4. The van der Waals surface area contributed by atoms with Crippen LogP contribution in [0.5, 0.6) is 17.4 Å². The van der Waals surface area contributed by atoms with Crippen LogP contribution in [-0.4, -0.2) is 48.1 Å². The van der Waals surface area contributed by atoms with Gasteiger partial charge in [0.1, 0.15) is 9.71 Å². The summed E-state index contributed by atoms with van der Waals surface area (Å²) in [6.45, 7) is 3.95. The molecule has 0 unspecified atom stereocenters. The van der Waals surface area contributed by atoms with E-state index in [1.807, 2.05) is 32.0 Å². The summed E-state index contributed by atoms with van der Waals surface area (Å²) >= 11 is 1.48. The highest BCUT2D eigenvalue weighted by atomic mass is 32.1. The molecule has 40 heavy (non-hydrogen) atoms. The van der Waals surface area contributed by atoms with Crippen molar-refractivity contribution >= 4 is 44.4 Å². The van der Waals surface area contributed by atoms with Crippen molar-refractivity contribution in [1.29, 1.82) is 5.26 Å². The molecule has 1 aliphatic rings. The fourth-order valence-corrected chi connectivity index (χ4v) is 5.65. The molecule has 200 valence electrons. The van der Waals surface area contributed by atoms with Gasteiger partial charge in [-0.3, -0.25) is 4.90 Å². The Morgan fingerprint density at radius 2 is 2.02 bits per heavy atom. The summed E-state index contributed by atoms with van der Waals surface area (Å²) in [4.78, 5) is 28.2. The molecule has 0 spiro atoms. The van der Waals surface area contributed by atoms with Gasteiger partial charge < -0.3 is 18.9 Å². The zero-order chi connectivity index (χ0) is 28.0. The minimum Gasteiger partial charge on any atom is -0.480 e. The number of hydrogen-bond donors (Lipinski definition) is 0. The largest absolute Gasteiger partial charge is 0.480 e. The summed E-state index contributed by atoms with van der Waals surface area (Å²) in [5.41, 5.74) is 6.00. The van der Waals surface area contributed by atoms with E-state index in [1.54, 1.807) is 44.6 Å². The Balaban J connectivity index is 1.29. The first-order valence-corrected chi connectivity index (χ1v) is 13.2. The molecule has 10 nitrogen and oxygen atoms in total. The molecule has 2 aromatic heterocycles. The van der Waals surface area contributed by atoms with Crippen molar-refractivity contribution in [3.63, 3.8) is 0 Å². The van der Waals surface area contributed by atoms with Crippen LogP contribution in [0.1, 0.15) is 16.7 Å². The highest BCUT2D eigenvalue weighted by molar-refractivity contribution is 7.22. The summed E-state index contributed by atoms with van der Waals surface area (Å²) in [6, 6.07) is 14.6. The van der Waals surface area contributed by atoms with Gasteiger partial charge in [-0.1, -0.05) is 6.07 Å². The molecule has 5 aromatic rings. The van der Waals surface area contributed by atoms with E-state index in [-0.39, 0.29) is 6.61 Å². The number of aromatic nitrogens is 3. The van der Waals surface area contributed by atoms with Gasteiger partial charge in [0, 0.05) is 18.3 Å². The standard InChI is InChI=1S/C29H23N5O5S/c1-15-8-19(25-20(9-15)32-22(36-4)13-31-25)28-33-24-16(2)10-21-26(27(24)40-28)37-14-23(38-21)39-29(35)34(3)18-7-5-6-17(11-18)12-30/h5-11,13,23H,14H2,1-4H3/t23-/m1/s1. The van der Waals surface area contributed by atoms with Gasteiger partial charge in [-0.05, 0) is 61.4 Å². The smallest absolute Gasteiger partial charge is 0.417 e. The highest BCUT2D eigenvalue weighted by Gasteiger charge is 2.30. The molecule has 1 amide bonds. The third-order valence-corrected chi connectivity index (χ3v) is 7.56. The zero-order valence-corrected chi connectivity index (χ0v) is 22.9. The van der Waals surface area contributed by atoms with Crippen LogP contribution in [0.2, 0.25) is 0 Å². The normalized spacial score (nSPS) is 14.1. The number of hydrogen-bond acceptors (Lipinski definition) is 10. The number of carbonyl (C=O) groups is 1. The number of nitrogens with zero attached hydrogens (tertiary/aromatic N) is 5. The molecule has 3 heterocycles. The molecule has 0 fully saturated rings. The number of amides is 1. The fourth-order valence-electron chi connectivity index (χ4n) is 4.50. The average Bonchev–Trinajstić information content (AvgIpc) is 3.42. The summed E-state index contributed by atoms with van der Waals surface area (Å²) in [5, 5.41) is 9.92. The third kappa shape index (κ3) is 4.48. The van der Waals surface area contributed by atoms with E-state index in [2.05, 4.69) is 16.0 Å². The molecule has 0 N–H and O–H groups in total. The van der Waals surface area contributed by atoms with E-state index in [9.17, 15) is 4.79 Å². The SMILES string of the molecule is COc1cnc2c(-c3nc4c(C)cc5c(c4s3)OC[C@@H](OC(=O)N(C)c3cccc(C#N)c3)O5)cc(C)cc2n1. The van der Waals surface area contributed by atoms with Gasteiger partial charge in [0.15, 0.2) is 18.1 Å². The molecule has 0 radical (unpaired) electrons. The lowest BCUT2D eigenvalue weighted by Crippen LogP contribution is -2.38. The summed E-state index contributed by atoms with van der Waals surface area (Å²) < 4.78 is 23.8. The maximum absolute atomic E-state index is 12.8. The van der Waals surface area contributed by atoms with Crippen LogP contribution in [0, 0.1) is 25.2 Å². The van der Waals surface area contributed by atoms with Crippen molar-refractivity contribution < 1.29 is 23.7 Å². The van der Waals surface area contributed by atoms with Crippen LogP contribution in [0.4, 0.5) is 10.5 Å². The van der Waals surface area contributed by atoms with Gasteiger partial charge in [-0.15, -0.1) is 11.3 Å². The maximum atomic E-state index is 12.8. The Morgan fingerprint density at radius 3 is 2.83 bits per heavy atom. The molecule has 1 atom stereocenters. The van der Waals surface area contributed by atoms with E-state index >= 15 is 0 Å². The number of rotatable bonds is 4. The Morgan fingerprint density at radius 1 is 1.18 bits per heavy atom. The number of methoxy groups -OCH3 is 1. The first kappa shape index (κ1) is 25.3. The van der Waals surface area contributed by atoms with Gasteiger partial charge in [0.2, 0.25) is 5.88 Å². The Kier molecular flexibility index (Phi) is 6.32. The molecule has 0 bridgehead atoms. The number of fused-ring (bicyclic) bond motifs is 4. The van der Waals surface area contributed by atoms with Crippen LogP contribution in [-0.2, 0) is 4.74 Å². The van der Waals surface area contributed by atoms with Gasteiger partial charge in [-0.25, -0.2) is 19.7 Å². The predicted octanol–water partition coefficient (Wildman–Crippen LogP) is 5.77. The Bertz CT molecular complexity index is 1850. The second kappa shape index (κ2) is 9.98. The van der Waals surface area contributed by atoms with Crippen LogP contribution < -0.4 is 19.1 Å². The second-order valence-corrected chi connectivity index (χ2v) is 10.3. The number of anilines is 1. The van der Waals surface area contributed by atoms with E-state index in [0.29, 0.717) is 28.6 Å². The topological polar surface area (TPSA) is 120 Å². The molecule has 11 heteroatoms. The summed E-state index contributed by atoms with van der Waals surface area (Å²) in [6.07, 6.45) is 0.0170. The number of carbonyl (C=O) groups excluding carboxylic acids is 1. The van der Waals surface area contributed by atoms with Crippen molar-refractivity contribution in [2.24, 2.45) is 0 Å². The molecule has 6 rings (SSSR count). The lowest BCUT2D eigenvalue weighted by molar-refractivity contribution is -0.0717. The van der Waals surface area contributed by atoms with Crippen molar-refractivity contribution in [3.8, 4) is 34.0 Å². The second-order valence-electron chi connectivity index (χ2n) is 9.27. The molecule has 0 saturated heterocycles. The van der Waals surface area contributed by atoms with Crippen LogP contribution in [0.25, 0.3) is 31.8 Å². The minimum atomic E-state index is -0.947. The maximum Gasteiger partial charge on any atom is 0.417 e. The number of nitriles is 1. The Hall–Kier alpha value is -4.95. The number of aryl methyl sites for hydroxylation is 2. The lowest BCUT2D eigenvalue weighted by atomic mass is 10.1. The molecular formula is C29H23N5O5S. The molecule has 0 saturated carbocycles. The summed E-state index contributed by atoms with van der Waals surface area (Å²) in [5.74, 6) is 1.47. The Labute approximate surface area is 233 Å². The van der Waals surface area contributed by atoms with Crippen LogP contribution in [0.15, 0.2) is 48.7 Å². The van der Waals surface area contributed by atoms with Gasteiger partial charge in [-0.2, -0.15) is 5.26 Å². The fraction of sp³-hybridized carbons (Fsp3) is 0.207. The number of thiazole rings is 1. The van der Waals surface area contributed by atoms with Gasteiger partial charge in [0.05, 0.1) is 41.5 Å². The van der Waals surface area contributed by atoms with E-state index < -0.39 is 12.4 Å². The molecule has 0 aliphatic carbocycles. The monoisotopic (exact) mass is 553 g/mol. The quantitative estimate of drug-likeness (QED) is 0.273. The van der Waals surface area contributed by atoms with Crippen LogP contribution >= 0.6 is 11.3 Å². The first-order chi connectivity index (χ1) is 19.3. The minimum absolute atomic E-state index is 0.00879. The van der Waals surface area contributed by atoms with Crippen molar-refractivity contribution in [2.75, 3.05) is 25.7 Å². The van der Waals surface area contributed by atoms with Crippen molar-refractivity contribution in [3.05, 3.63) is 65.4 Å². The average molecular weight is 554 g/mol. The molecule has 3 aromatic carbocycles. The zero-order valence-electron chi connectivity index (χ0n) is 22.1. The van der Waals surface area contributed by atoms with E-state index in [4.69, 9.17) is 29.2 Å². The van der Waals surface area contributed by atoms with E-state index in [1.165, 1.54) is 16.2 Å².